The second kappa shape index (κ2) is 8.13. The van der Waals surface area contributed by atoms with E-state index in [0.29, 0.717) is 6.42 Å². The molecule has 0 heterocycles. The highest BCUT2D eigenvalue weighted by molar-refractivity contribution is 6.55. The zero-order valence-corrected chi connectivity index (χ0v) is 14.4. The summed E-state index contributed by atoms with van der Waals surface area (Å²) < 4.78 is 107. The van der Waals surface area contributed by atoms with Gasteiger partial charge in [-0.2, -0.15) is 26.3 Å². The molecule has 0 fully saturated rings. The summed E-state index contributed by atoms with van der Waals surface area (Å²) >= 11 is 0. The Bertz CT molecular complexity index is 353. The molecule has 0 N–H and O–H groups in total. The fraction of sp³-hybridized carbons (Fsp3) is 1.00. The molecule has 0 aromatic heterocycles. The summed E-state index contributed by atoms with van der Waals surface area (Å²) in [5.74, 6) is 0. The van der Waals surface area contributed by atoms with Crippen LogP contribution in [0.4, 0.5) is 35.1 Å². The Morgan fingerprint density at radius 2 is 1.35 bits per heavy atom. The second-order valence-corrected chi connectivity index (χ2v) is 9.61. The Kier molecular flexibility index (Phi) is 8.00. The minimum Gasteiger partial charge on any atom is -0.378 e. The molecule has 140 valence electrons. The minimum atomic E-state index is -5.43. The highest BCUT2D eigenvalue weighted by atomic mass is 28.3. The Hall–Kier alpha value is -0.383. The Morgan fingerprint density at radius 3 is 1.74 bits per heavy atom. The molecule has 0 aliphatic rings. The number of alkyl halides is 8. The van der Waals surface area contributed by atoms with Gasteiger partial charge in [0, 0.05) is 15.4 Å². The van der Waals surface area contributed by atoms with Crippen LogP contribution in [0, 0.1) is 0 Å². The van der Waals surface area contributed by atoms with E-state index in [4.69, 9.17) is 0 Å². The smallest absolute Gasteiger partial charge is 0.378 e. The van der Waals surface area contributed by atoms with Crippen molar-refractivity contribution in [2.45, 2.75) is 69.0 Å². The average molecular weight is 374 g/mol. The van der Waals surface area contributed by atoms with Gasteiger partial charge in [-0.1, -0.05) is 19.1 Å². The Labute approximate surface area is 132 Å². The van der Waals surface area contributed by atoms with Crippen LogP contribution in [-0.2, 0) is 4.74 Å². The van der Waals surface area contributed by atoms with Crippen molar-refractivity contribution in [3.63, 3.8) is 0 Å². The van der Waals surface area contributed by atoms with Gasteiger partial charge >= 0.3 is 12.4 Å². The normalized spacial score (nSPS) is 18.8. The lowest BCUT2D eigenvalue weighted by Crippen LogP contribution is -2.48. The zero-order valence-electron chi connectivity index (χ0n) is 13.3. The van der Waals surface area contributed by atoms with E-state index in [1.807, 2.05) is 13.1 Å². The standard InChI is InChI=1S/C13H22F8OSi/c1-10(14,12(16,17)18)5-6-11(15,13(19,20)21)9-22-7-4-8-23(2)3/h23H,4-9H2,1-3H3. The zero-order chi connectivity index (χ0) is 18.5. The fourth-order valence-corrected chi connectivity index (χ4v) is 2.68. The van der Waals surface area contributed by atoms with Crippen LogP contribution in [0.2, 0.25) is 19.1 Å². The molecule has 0 rings (SSSR count). The molecule has 0 radical (unpaired) electrons. The summed E-state index contributed by atoms with van der Waals surface area (Å²) in [6.45, 7) is 2.60. The summed E-state index contributed by atoms with van der Waals surface area (Å²) in [5.41, 5.74) is -7.89. The van der Waals surface area contributed by atoms with Crippen LogP contribution in [0.25, 0.3) is 0 Å². The van der Waals surface area contributed by atoms with Gasteiger partial charge in [-0.15, -0.1) is 0 Å². The quantitative estimate of drug-likeness (QED) is 0.305. The number of rotatable bonds is 9. The van der Waals surface area contributed by atoms with E-state index >= 15 is 0 Å². The molecule has 10 heteroatoms. The third-order valence-corrected chi connectivity index (χ3v) is 5.05. The van der Waals surface area contributed by atoms with Crippen LogP contribution in [0.5, 0.6) is 0 Å². The highest BCUT2D eigenvalue weighted by Crippen LogP contribution is 2.43. The molecule has 23 heavy (non-hydrogen) atoms. The van der Waals surface area contributed by atoms with Gasteiger partial charge in [0.2, 0.25) is 11.3 Å². The van der Waals surface area contributed by atoms with Crippen LogP contribution in [0.3, 0.4) is 0 Å². The maximum Gasteiger partial charge on any atom is 0.424 e. The summed E-state index contributed by atoms with van der Waals surface area (Å²) in [6.07, 6.45) is -13.6. The summed E-state index contributed by atoms with van der Waals surface area (Å²) in [5, 5.41) is 0. The van der Waals surface area contributed by atoms with E-state index < -0.39 is 51.9 Å². The number of hydrogen-bond donors (Lipinski definition) is 0. The first-order valence-electron chi connectivity index (χ1n) is 7.21. The largest absolute Gasteiger partial charge is 0.424 e. The van der Waals surface area contributed by atoms with Crippen molar-refractivity contribution in [3.8, 4) is 0 Å². The first-order valence-corrected chi connectivity index (χ1v) is 10.3. The van der Waals surface area contributed by atoms with E-state index in [9.17, 15) is 35.1 Å². The van der Waals surface area contributed by atoms with Gasteiger partial charge < -0.3 is 4.74 Å². The van der Waals surface area contributed by atoms with Crippen molar-refractivity contribution in [1.29, 1.82) is 0 Å². The van der Waals surface area contributed by atoms with Gasteiger partial charge in [0.05, 0.1) is 6.61 Å². The second-order valence-electron chi connectivity index (χ2n) is 6.25. The van der Waals surface area contributed by atoms with Gasteiger partial charge in [-0.25, -0.2) is 8.78 Å². The summed E-state index contributed by atoms with van der Waals surface area (Å²) in [7, 11) is -0.915. The van der Waals surface area contributed by atoms with E-state index in [2.05, 4.69) is 4.74 Å². The predicted molar refractivity (Wildman–Crippen MR) is 73.8 cm³/mol. The predicted octanol–water partition coefficient (Wildman–Crippen LogP) is 5.22. The topological polar surface area (TPSA) is 9.23 Å². The molecular weight excluding hydrogens is 352 g/mol. The molecule has 0 saturated carbocycles. The molecule has 2 atom stereocenters. The molecule has 0 aromatic rings. The number of ether oxygens (including phenoxy) is 1. The van der Waals surface area contributed by atoms with Crippen molar-refractivity contribution >= 4 is 8.80 Å². The minimum absolute atomic E-state index is 0.0952. The molecule has 2 unspecified atom stereocenters. The third kappa shape index (κ3) is 7.36. The first kappa shape index (κ1) is 22.6. The van der Waals surface area contributed by atoms with Crippen LogP contribution >= 0.6 is 0 Å². The Balaban J connectivity index is 4.69. The van der Waals surface area contributed by atoms with Gasteiger partial charge in [0.15, 0.2) is 0 Å². The van der Waals surface area contributed by atoms with Crippen molar-refractivity contribution in [1.82, 2.24) is 0 Å². The lowest BCUT2D eigenvalue weighted by Gasteiger charge is -2.31. The van der Waals surface area contributed by atoms with E-state index in [0.717, 1.165) is 6.04 Å². The van der Waals surface area contributed by atoms with Crippen molar-refractivity contribution < 1.29 is 39.9 Å². The molecule has 0 aliphatic carbocycles. The third-order valence-electron chi connectivity index (χ3n) is 3.49. The average Bonchev–Trinajstić information content (AvgIpc) is 2.33. The molecular formula is C13H22F8OSi. The first-order chi connectivity index (χ1) is 10.1. The lowest BCUT2D eigenvalue weighted by atomic mass is 9.92. The number of hydrogen-bond acceptors (Lipinski definition) is 1. The molecule has 0 aliphatic heterocycles. The van der Waals surface area contributed by atoms with Crippen molar-refractivity contribution in [2.75, 3.05) is 13.2 Å². The van der Waals surface area contributed by atoms with E-state index in [1.165, 1.54) is 0 Å². The van der Waals surface area contributed by atoms with E-state index in [-0.39, 0.29) is 13.5 Å². The molecule has 0 bridgehead atoms. The van der Waals surface area contributed by atoms with Gasteiger partial charge in [-0.05, 0) is 26.2 Å². The molecule has 0 amide bonds. The van der Waals surface area contributed by atoms with Crippen molar-refractivity contribution in [3.05, 3.63) is 0 Å². The lowest BCUT2D eigenvalue weighted by molar-refractivity contribution is -0.261. The van der Waals surface area contributed by atoms with Crippen LogP contribution in [0.15, 0.2) is 0 Å². The maximum absolute atomic E-state index is 14.0. The Morgan fingerprint density at radius 1 is 0.826 bits per heavy atom. The molecule has 0 aromatic carbocycles. The fourth-order valence-electron chi connectivity index (χ4n) is 1.70. The van der Waals surface area contributed by atoms with Crippen LogP contribution in [0.1, 0.15) is 26.2 Å². The monoisotopic (exact) mass is 374 g/mol. The van der Waals surface area contributed by atoms with Gasteiger partial charge in [-0.3, -0.25) is 0 Å². The molecule has 0 spiro atoms. The van der Waals surface area contributed by atoms with E-state index in [1.54, 1.807) is 0 Å². The van der Waals surface area contributed by atoms with Crippen LogP contribution in [-0.4, -0.2) is 45.7 Å². The highest BCUT2D eigenvalue weighted by Gasteiger charge is 2.59. The van der Waals surface area contributed by atoms with Crippen LogP contribution < -0.4 is 0 Å². The summed E-state index contributed by atoms with van der Waals surface area (Å²) in [6, 6.07) is 0.794. The molecule has 1 nitrogen and oxygen atoms in total. The summed E-state index contributed by atoms with van der Waals surface area (Å²) in [4.78, 5) is 0. The maximum atomic E-state index is 14.0. The molecule has 0 saturated heterocycles. The number of halogens is 8. The van der Waals surface area contributed by atoms with Gasteiger partial charge in [0.25, 0.3) is 0 Å². The SMILES string of the molecule is C[SiH](C)CCCOCC(F)(CCC(C)(F)C(F)(F)F)C(F)(F)F. The van der Waals surface area contributed by atoms with Gasteiger partial charge in [0.1, 0.15) is 0 Å². The van der Waals surface area contributed by atoms with Crippen molar-refractivity contribution in [2.24, 2.45) is 0 Å².